The van der Waals surface area contributed by atoms with E-state index in [2.05, 4.69) is 12.1 Å². The van der Waals surface area contributed by atoms with Crippen LogP contribution in [0.1, 0.15) is 5.56 Å². The summed E-state index contributed by atoms with van der Waals surface area (Å²) >= 11 is -0.628. The standard InChI is InChI=1S/C8H11AsO/c10-9-7-6-8-4-2-1-3-5-8/h1-5,9-10H,6-7H2. The van der Waals surface area contributed by atoms with E-state index in [4.69, 9.17) is 4.10 Å². The first kappa shape index (κ1) is 7.84. The molecule has 0 aliphatic rings. The summed E-state index contributed by atoms with van der Waals surface area (Å²) in [7, 11) is 0. The molecular formula is C8H11AsO. The first-order chi connectivity index (χ1) is 4.93. The van der Waals surface area contributed by atoms with Crippen LogP contribution in [0.2, 0.25) is 5.21 Å². The van der Waals surface area contributed by atoms with Crippen LogP contribution >= 0.6 is 0 Å². The summed E-state index contributed by atoms with van der Waals surface area (Å²) in [5.41, 5.74) is 1.33. The van der Waals surface area contributed by atoms with Crippen LogP contribution in [0.5, 0.6) is 0 Å². The third-order valence-corrected chi connectivity index (χ3v) is 2.36. The monoisotopic (exact) mass is 198 g/mol. The molecule has 0 aliphatic heterocycles. The van der Waals surface area contributed by atoms with Gasteiger partial charge in [-0.3, -0.25) is 0 Å². The molecule has 1 rings (SSSR count). The van der Waals surface area contributed by atoms with Crippen molar-refractivity contribution in [3.8, 4) is 0 Å². The normalized spacial score (nSPS) is 10.9. The predicted octanol–water partition coefficient (Wildman–Crippen LogP) is 0.991. The molecule has 0 aromatic heterocycles. The number of hydrogen-bond donors (Lipinski definition) is 1. The molecular weight excluding hydrogens is 187 g/mol. The second-order valence-corrected chi connectivity index (χ2v) is 3.86. The van der Waals surface area contributed by atoms with Gasteiger partial charge in [0.05, 0.1) is 0 Å². The van der Waals surface area contributed by atoms with Crippen LogP contribution in [0.3, 0.4) is 0 Å². The molecule has 0 saturated heterocycles. The van der Waals surface area contributed by atoms with Crippen LogP contribution < -0.4 is 0 Å². The third kappa shape index (κ3) is 2.55. The summed E-state index contributed by atoms with van der Waals surface area (Å²) in [6, 6.07) is 10.3. The van der Waals surface area contributed by atoms with Gasteiger partial charge < -0.3 is 0 Å². The molecule has 2 heteroatoms. The van der Waals surface area contributed by atoms with Gasteiger partial charge in [-0.15, -0.1) is 0 Å². The zero-order valence-corrected chi connectivity index (χ0v) is 7.85. The van der Waals surface area contributed by atoms with Crippen molar-refractivity contribution in [2.24, 2.45) is 0 Å². The fraction of sp³-hybridized carbons (Fsp3) is 0.250. The molecule has 1 aromatic carbocycles. The molecule has 54 valence electrons. The van der Waals surface area contributed by atoms with E-state index in [1.807, 2.05) is 18.2 Å². The van der Waals surface area contributed by atoms with Crippen molar-refractivity contribution in [3.05, 3.63) is 35.9 Å². The average Bonchev–Trinajstić information content (AvgIpc) is 2.03. The molecule has 1 unspecified atom stereocenters. The van der Waals surface area contributed by atoms with E-state index in [0.29, 0.717) is 0 Å². The summed E-state index contributed by atoms with van der Waals surface area (Å²) in [6.45, 7) is 0. The topological polar surface area (TPSA) is 20.2 Å². The zero-order valence-electron chi connectivity index (χ0n) is 5.75. The second-order valence-electron chi connectivity index (χ2n) is 2.14. The fourth-order valence-electron chi connectivity index (χ4n) is 0.845. The molecule has 10 heavy (non-hydrogen) atoms. The average molecular weight is 198 g/mol. The SMILES string of the molecule is O[AsH]CCc1ccccc1. The second kappa shape index (κ2) is 4.54. The van der Waals surface area contributed by atoms with Crippen LogP contribution in [0.15, 0.2) is 30.3 Å². The Kier molecular flexibility index (Phi) is 3.56. The number of aryl methyl sites for hydroxylation is 1. The van der Waals surface area contributed by atoms with Gasteiger partial charge in [0.25, 0.3) is 0 Å². The van der Waals surface area contributed by atoms with Gasteiger partial charge in [0.15, 0.2) is 0 Å². The Hall–Kier alpha value is -0.262. The molecule has 0 amide bonds. The van der Waals surface area contributed by atoms with E-state index < -0.39 is 16.1 Å². The van der Waals surface area contributed by atoms with Crippen LogP contribution in [0.4, 0.5) is 0 Å². The third-order valence-electron chi connectivity index (χ3n) is 1.37. The Morgan fingerprint density at radius 1 is 1.20 bits per heavy atom. The molecule has 0 saturated carbocycles. The van der Waals surface area contributed by atoms with E-state index in [1.165, 1.54) is 5.56 Å². The molecule has 0 aliphatic carbocycles. The van der Waals surface area contributed by atoms with E-state index >= 15 is 0 Å². The van der Waals surface area contributed by atoms with Crippen LogP contribution in [0.25, 0.3) is 0 Å². The number of rotatable bonds is 3. The van der Waals surface area contributed by atoms with Gasteiger partial charge in [-0.1, -0.05) is 0 Å². The molecule has 0 heterocycles. The summed E-state index contributed by atoms with van der Waals surface area (Å²) in [6.07, 6.45) is 1.04. The van der Waals surface area contributed by atoms with Crippen molar-refractivity contribution in [1.29, 1.82) is 0 Å². The maximum atomic E-state index is 8.65. The van der Waals surface area contributed by atoms with Gasteiger partial charge in [0.1, 0.15) is 0 Å². The van der Waals surface area contributed by atoms with Gasteiger partial charge in [-0.2, -0.15) is 0 Å². The summed E-state index contributed by atoms with van der Waals surface area (Å²) in [5, 5.41) is 0.990. The predicted molar refractivity (Wildman–Crippen MR) is 44.3 cm³/mol. The van der Waals surface area contributed by atoms with Gasteiger partial charge in [-0.25, -0.2) is 0 Å². The van der Waals surface area contributed by atoms with Crippen molar-refractivity contribution in [2.75, 3.05) is 0 Å². The molecule has 1 aromatic rings. The van der Waals surface area contributed by atoms with Crippen molar-refractivity contribution in [3.63, 3.8) is 0 Å². The Morgan fingerprint density at radius 2 is 1.90 bits per heavy atom. The minimum atomic E-state index is -0.628. The van der Waals surface area contributed by atoms with Crippen molar-refractivity contribution in [1.82, 2.24) is 0 Å². The van der Waals surface area contributed by atoms with Crippen LogP contribution in [-0.4, -0.2) is 20.2 Å². The van der Waals surface area contributed by atoms with E-state index in [1.54, 1.807) is 0 Å². The number of benzene rings is 1. The Morgan fingerprint density at radius 3 is 2.50 bits per heavy atom. The quantitative estimate of drug-likeness (QED) is 0.718. The fourth-order valence-corrected chi connectivity index (χ4v) is 1.69. The first-order valence-electron chi connectivity index (χ1n) is 3.34. The van der Waals surface area contributed by atoms with Crippen LogP contribution in [-0.2, 0) is 6.42 Å². The van der Waals surface area contributed by atoms with Crippen LogP contribution in [0, 0.1) is 0 Å². The maximum absolute atomic E-state index is 8.65. The molecule has 1 atom stereocenters. The summed E-state index contributed by atoms with van der Waals surface area (Å²) in [5.74, 6) is 0. The van der Waals surface area contributed by atoms with Gasteiger partial charge in [0.2, 0.25) is 0 Å². The van der Waals surface area contributed by atoms with Crippen molar-refractivity contribution in [2.45, 2.75) is 11.6 Å². The Balaban J connectivity index is 2.43. The molecule has 0 radical (unpaired) electrons. The van der Waals surface area contributed by atoms with Gasteiger partial charge in [0, 0.05) is 0 Å². The van der Waals surface area contributed by atoms with E-state index in [9.17, 15) is 0 Å². The molecule has 1 nitrogen and oxygen atoms in total. The molecule has 0 spiro atoms. The van der Waals surface area contributed by atoms with Crippen molar-refractivity contribution >= 4 is 16.1 Å². The van der Waals surface area contributed by atoms with E-state index in [-0.39, 0.29) is 0 Å². The number of hydrogen-bond acceptors (Lipinski definition) is 1. The summed E-state index contributed by atoms with van der Waals surface area (Å²) < 4.78 is 8.65. The van der Waals surface area contributed by atoms with Crippen molar-refractivity contribution < 1.29 is 4.10 Å². The molecule has 0 fully saturated rings. The molecule has 0 bridgehead atoms. The molecule has 1 N–H and O–H groups in total. The van der Waals surface area contributed by atoms with Gasteiger partial charge in [-0.05, 0) is 0 Å². The summed E-state index contributed by atoms with van der Waals surface area (Å²) in [4.78, 5) is 0. The van der Waals surface area contributed by atoms with Gasteiger partial charge >= 0.3 is 67.7 Å². The Bertz CT molecular complexity index is 174. The van der Waals surface area contributed by atoms with E-state index in [0.717, 1.165) is 11.6 Å². The minimum absolute atomic E-state index is 0.628. The first-order valence-corrected chi connectivity index (χ1v) is 5.76. The zero-order chi connectivity index (χ0) is 7.23. The Labute approximate surface area is 68.1 Å².